The van der Waals surface area contributed by atoms with Crippen molar-refractivity contribution in [2.45, 2.75) is 13.8 Å². The van der Waals surface area contributed by atoms with Gasteiger partial charge in [0.2, 0.25) is 0 Å². The zero-order valence-electron chi connectivity index (χ0n) is 8.79. The number of pyridine rings is 1. The number of rotatable bonds is 1. The lowest BCUT2D eigenvalue weighted by atomic mass is 10.0. The number of benzene rings is 1. The van der Waals surface area contributed by atoms with Crippen molar-refractivity contribution in [1.82, 2.24) is 4.98 Å². The lowest BCUT2D eigenvalue weighted by molar-refractivity contribution is 1.26. The quantitative estimate of drug-likeness (QED) is 0.703. The van der Waals surface area contributed by atoms with Crippen molar-refractivity contribution in [2.75, 3.05) is 0 Å². The minimum atomic E-state index is 0.752. The van der Waals surface area contributed by atoms with Gasteiger partial charge in [0.15, 0.2) is 0 Å². The van der Waals surface area contributed by atoms with E-state index in [2.05, 4.69) is 18.0 Å². The van der Waals surface area contributed by atoms with Crippen molar-refractivity contribution >= 4 is 11.6 Å². The third-order valence-corrected chi connectivity index (χ3v) is 2.72. The van der Waals surface area contributed by atoms with Crippen LogP contribution in [0.2, 0.25) is 5.02 Å². The van der Waals surface area contributed by atoms with E-state index in [-0.39, 0.29) is 0 Å². The number of hydrogen-bond acceptors (Lipinski definition) is 1. The Morgan fingerprint density at radius 1 is 1.13 bits per heavy atom. The van der Waals surface area contributed by atoms with Gasteiger partial charge in [-0.3, -0.25) is 4.98 Å². The molecule has 1 aromatic carbocycles. The van der Waals surface area contributed by atoms with Crippen LogP contribution in [0.15, 0.2) is 36.5 Å². The summed E-state index contributed by atoms with van der Waals surface area (Å²) in [4.78, 5) is 4.37. The molecule has 1 nitrogen and oxygen atoms in total. The highest BCUT2D eigenvalue weighted by Crippen LogP contribution is 2.29. The average Bonchev–Trinajstić information content (AvgIpc) is 2.23. The molecule has 2 rings (SSSR count). The highest BCUT2D eigenvalue weighted by atomic mass is 35.5. The van der Waals surface area contributed by atoms with Crippen LogP contribution in [-0.2, 0) is 0 Å². The van der Waals surface area contributed by atoms with Crippen LogP contribution in [0.5, 0.6) is 0 Å². The van der Waals surface area contributed by atoms with Crippen LogP contribution >= 0.6 is 11.6 Å². The Kier molecular flexibility index (Phi) is 2.74. The topological polar surface area (TPSA) is 12.9 Å². The molecule has 15 heavy (non-hydrogen) atoms. The van der Waals surface area contributed by atoms with Crippen molar-refractivity contribution in [3.05, 3.63) is 52.7 Å². The monoisotopic (exact) mass is 217 g/mol. The van der Waals surface area contributed by atoms with Crippen molar-refractivity contribution in [2.24, 2.45) is 0 Å². The fourth-order valence-electron chi connectivity index (χ4n) is 1.59. The lowest BCUT2D eigenvalue weighted by Crippen LogP contribution is -1.88. The third-order valence-electron chi connectivity index (χ3n) is 2.39. The molecule has 0 aliphatic heterocycles. The van der Waals surface area contributed by atoms with Gasteiger partial charge in [0, 0.05) is 16.8 Å². The van der Waals surface area contributed by atoms with Crippen molar-refractivity contribution in [3.63, 3.8) is 0 Å². The van der Waals surface area contributed by atoms with E-state index in [0.29, 0.717) is 0 Å². The van der Waals surface area contributed by atoms with E-state index >= 15 is 0 Å². The molecule has 0 bridgehead atoms. The number of nitrogens with zero attached hydrogens (tertiary/aromatic N) is 1. The molecule has 0 amide bonds. The van der Waals surface area contributed by atoms with Crippen LogP contribution in [0.25, 0.3) is 11.3 Å². The molecule has 0 aliphatic rings. The first-order valence-corrected chi connectivity index (χ1v) is 5.24. The molecule has 0 N–H and O–H groups in total. The van der Waals surface area contributed by atoms with Crippen molar-refractivity contribution < 1.29 is 0 Å². The Labute approximate surface area is 94.7 Å². The molecule has 0 unspecified atom stereocenters. The van der Waals surface area contributed by atoms with E-state index in [1.807, 2.05) is 31.2 Å². The fourth-order valence-corrected chi connectivity index (χ4v) is 1.80. The van der Waals surface area contributed by atoms with Crippen LogP contribution in [0.1, 0.15) is 11.1 Å². The van der Waals surface area contributed by atoms with Crippen LogP contribution in [0, 0.1) is 13.8 Å². The number of aromatic nitrogens is 1. The molecule has 2 heteroatoms. The zero-order valence-corrected chi connectivity index (χ0v) is 9.55. The molecule has 0 atom stereocenters. The van der Waals surface area contributed by atoms with Gasteiger partial charge in [-0.25, -0.2) is 0 Å². The smallest absolute Gasteiger partial charge is 0.0746 e. The fraction of sp³-hybridized carbons (Fsp3) is 0.154. The predicted molar refractivity (Wildman–Crippen MR) is 64.2 cm³/mol. The van der Waals surface area contributed by atoms with Gasteiger partial charge in [-0.05, 0) is 37.6 Å². The molecule has 1 aromatic heterocycles. The molecule has 0 spiro atoms. The summed E-state index contributed by atoms with van der Waals surface area (Å²) in [6.45, 7) is 4.10. The summed E-state index contributed by atoms with van der Waals surface area (Å²) in [5, 5.41) is 0.752. The molecule has 1 heterocycles. The maximum Gasteiger partial charge on any atom is 0.0746 e. The first-order valence-electron chi connectivity index (χ1n) is 4.86. The summed E-state index contributed by atoms with van der Waals surface area (Å²) in [5.74, 6) is 0. The molecular weight excluding hydrogens is 206 g/mol. The Balaban J connectivity index is 2.64. The van der Waals surface area contributed by atoms with E-state index in [0.717, 1.165) is 21.8 Å². The second kappa shape index (κ2) is 4.03. The van der Waals surface area contributed by atoms with Gasteiger partial charge >= 0.3 is 0 Å². The molecule has 0 aliphatic carbocycles. The van der Waals surface area contributed by atoms with Gasteiger partial charge in [-0.1, -0.05) is 29.3 Å². The molecular formula is C13H12ClN. The largest absolute Gasteiger partial charge is 0.256 e. The van der Waals surface area contributed by atoms with Crippen LogP contribution < -0.4 is 0 Å². The van der Waals surface area contributed by atoms with E-state index in [1.54, 1.807) is 6.20 Å². The maximum atomic E-state index is 6.16. The number of aryl methyl sites for hydroxylation is 2. The summed E-state index contributed by atoms with van der Waals surface area (Å²) >= 11 is 6.16. The van der Waals surface area contributed by atoms with E-state index in [4.69, 9.17) is 11.6 Å². The minimum absolute atomic E-state index is 0.752. The molecule has 76 valence electrons. The first kappa shape index (κ1) is 10.2. The zero-order chi connectivity index (χ0) is 10.8. The third kappa shape index (κ3) is 2.02. The van der Waals surface area contributed by atoms with E-state index in [1.165, 1.54) is 5.56 Å². The maximum absolute atomic E-state index is 6.16. The molecule has 0 saturated heterocycles. The lowest BCUT2D eigenvalue weighted by Gasteiger charge is -2.07. The van der Waals surface area contributed by atoms with Gasteiger partial charge in [-0.2, -0.15) is 0 Å². The first-order chi connectivity index (χ1) is 7.18. The van der Waals surface area contributed by atoms with Crippen LogP contribution in [0.3, 0.4) is 0 Å². The number of hydrogen-bond donors (Lipinski definition) is 0. The molecule has 2 aromatic rings. The summed E-state index contributed by atoms with van der Waals surface area (Å²) in [7, 11) is 0. The Hall–Kier alpha value is -1.34. The molecule has 0 saturated carbocycles. The average molecular weight is 218 g/mol. The number of halogens is 1. The summed E-state index contributed by atoms with van der Waals surface area (Å²) < 4.78 is 0. The van der Waals surface area contributed by atoms with Gasteiger partial charge in [0.05, 0.1) is 5.69 Å². The van der Waals surface area contributed by atoms with Gasteiger partial charge in [-0.15, -0.1) is 0 Å². The Bertz CT molecular complexity index is 492. The SMILES string of the molecule is Cc1ccc(Cl)c(-c2ncccc2C)c1. The predicted octanol–water partition coefficient (Wildman–Crippen LogP) is 4.02. The van der Waals surface area contributed by atoms with Crippen molar-refractivity contribution in [1.29, 1.82) is 0 Å². The minimum Gasteiger partial charge on any atom is -0.256 e. The second-order valence-corrected chi connectivity index (χ2v) is 4.06. The van der Waals surface area contributed by atoms with E-state index < -0.39 is 0 Å². The van der Waals surface area contributed by atoms with Crippen molar-refractivity contribution in [3.8, 4) is 11.3 Å². The summed E-state index contributed by atoms with van der Waals surface area (Å²) in [6.07, 6.45) is 1.79. The van der Waals surface area contributed by atoms with Gasteiger partial charge < -0.3 is 0 Å². The highest BCUT2D eigenvalue weighted by molar-refractivity contribution is 6.33. The molecule has 0 fully saturated rings. The van der Waals surface area contributed by atoms with Crippen LogP contribution in [-0.4, -0.2) is 4.98 Å². The standard InChI is InChI=1S/C13H12ClN/c1-9-5-6-12(14)11(8-9)13-10(2)4-3-7-15-13/h3-8H,1-2H3. The van der Waals surface area contributed by atoms with Gasteiger partial charge in [0.1, 0.15) is 0 Å². The summed E-state index contributed by atoms with van der Waals surface area (Å²) in [6, 6.07) is 9.96. The van der Waals surface area contributed by atoms with Crippen LogP contribution in [0.4, 0.5) is 0 Å². The Morgan fingerprint density at radius 3 is 2.67 bits per heavy atom. The molecule has 0 radical (unpaired) electrons. The van der Waals surface area contributed by atoms with Gasteiger partial charge in [0.25, 0.3) is 0 Å². The second-order valence-electron chi connectivity index (χ2n) is 3.65. The summed E-state index contributed by atoms with van der Waals surface area (Å²) in [5.41, 5.74) is 4.31. The normalized spacial score (nSPS) is 10.3. The van der Waals surface area contributed by atoms with E-state index in [9.17, 15) is 0 Å². The highest BCUT2D eigenvalue weighted by Gasteiger charge is 2.07. The Morgan fingerprint density at radius 2 is 1.93 bits per heavy atom.